The predicted octanol–water partition coefficient (Wildman–Crippen LogP) is 4.45. The van der Waals surface area contributed by atoms with Crippen LogP contribution in [0, 0.1) is 0 Å². The minimum atomic E-state index is -4.53. The Morgan fingerprint density at radius 2 is 1.94 bits per heavy atom. The maximum Gasteiger partial charge on any atom is 0.433 e. The molecule has 1 aliphatic carbocycles. The molecule has 0 aliphatic heterocycles. The number of amides is 1. The van der Waals surface area contributed by atoms with Gasteiger partial charge in [-0.1, -0.05) is 18.2 Å². The second kappa shape index (κ2) is 8.34. The van der Waals surface area contributed by atoms with Crippen LogP contribution in [0.25, 0.3) is 16.6 Å². The van der Waals surface area contributed by atoms with Crippen LogP contribution in [-0.4, -0.2) is 37.3 Å². The number of hydrogen-bond donors (Lipinski definition) is 2. The standard InChI is InChI=1S/C23H21F3N6O/c24-23(25,26)20-11-18(16-6-1-2-7-17(16)30-20)28-14-4-3-5-15(10-14)29-22(33)19-13-32-9-8-27-12-21(32)31-19/h1-2,6-9,11-15H,3-5,10H2,(H,28,30)(H,29,33)/t14-,15+/m0/s1. The fourth-order valence-corrected chi connectivity index (χ4v) is 4.32. The minimum absolute atomic E-state index is 0.0822. The highest BCUT2D eigenvalue weighted by Crippen LogP contribution is 2.34. The van der Waals surface area contributed by atoms with Crippen LogP contribution in [0.2, 0.25) is 0 Å². The molecular weight excluding hydrogens is 433 g/mol. The molecule has 10 heteroatoms. The molecule has 0 spiro atoms. The van der Waals surface area contributed by atoms with Gasteiger partial charge in [0.05, 0.1) is 11.7 Å². The summed E-state index contributed by atoms with van der Waals surface area (Å²) in [7, 11) is 0. The molecule has 2 N–H and O–H groups in total. The van der Waals surface area contributed by atoms with Gasteiger partial charge < -0.3 is 15.0 Å². The number of nitrogens with one attached hydrogen (secondary N) is 2. The number of anilines is 1. The molecule has 4 aromatic rings. The van der Waals surface area contributed by atoms with Crippen molar-refractivity contribution in [1.82, 2.24) is 24.7 Å². The van der Waals surface area contributed by atoms with Crippen LogP contribution in [-0.2, 0) is 6.18 Å². The second-order valence-corrected chi connectivity index (χ2v) is 8.22. The number of carbonyl (C=O) groups excluding carboxylic acids is 1. The monoisotopic (exact) mass is 454 g/mol. The molecule has 1 amide bonds. The normalized spacial score (nSPS) is 19.0. The van der Waals surface area contributed by atoms with Crippen LogP contribution in [0.1, 0.15) is 41.9 Å². The van der Waals surface area contributed by atoms with Gasteiger partial charge in [0.15, 0.2) is 5.65 Å². The lowest BCUT2D eigenvalue weighted by atomic mass is 9.90. The summed E-state index contributed by atoms with van der Waals surface area (Å²) < 4.78 is 41.8. The second-order valence-electron chi connectivity index (χ2n) is 8.22. The van der Waals surface area contributed by atoms with E-state index in [4.69, 9.17) is 0 Å². The van der Waals surface area contributed by atoms with E-state index >= 15 is 0 Å². The topological polar surface area (TPSA) is 84.2 Å². The summed E-state index contributed by atoms with van der Waals surface area (Å²) in [6.45, 7) is 0. The van der Waals surface area contributed by atoms with E-state index < -0.39 is 11.9 Å². The van der Waals surface area contributed by atoms with Crippen LogP contribution >= 0.6 is 0 Å². The zero-order chi connectivity index (χ0) is 23.0. The quantitative estimate of drug-likeness (QED) is 0.476. The Labute approximate surface area is 187 Å². The van der Waals surface area contributed by atoms with E-state index in [9.17, 15) is 18.0 Å². The van der Waals surface area contributed by atoms with Crippen molar-refractivity contribution >= 4 is 28.1 Å². The summed E-state index contributed by atoms with van der Waals surface area (Å²) >= 11 is 0. The molecule has 7 nitrogen and oxygen atoms in total. The number of aromatic nitrogens is 4. The van der Waals surface area contributed by atoms with Gasteiger partial charge in [0.25, 0.3) is 5.91 Å². The summed E-state index contributed by atoms with van der Waals surface area (Å²) in [5, 5.41) is 6.93. The lowest BCUT2D eigenvalue weighted by Gasteiger charge is -2.31. The van der Waals surface area contributed by atoms with E-state index in [2.05, 4.69) is 25.6 Å². The Morgan fingerprint density at radius 1 is 1.12 bits per heavy atom. The molecule has 3 aromatic heterocycles. The van der Waals surface area contributed by atoms with Crippen molar-refractivity contribution < 1.29 is 18.0 Å². The first-order valence-electron chi connectivity index (χ1n) is 10.7. The highest BCUT2D eigenvalue weighted by molar-refractivity contribution is 5.93. The van der Waals surface area contributed by atoms with E-state index in [1.807, 2.05) is 0 Å². The van der Waals surface area contributed by atoms with E-state index in [1.54, 1.807) is 53.5 Å². The summed E-state index contributed by atoms with van der Waals surface area (Å²) in [6.07, 6.45) is 5.04. The van der Waals surface area contributed by atoms with Crippen LogP contribution in [0.4, 0.5) is 18.9 Å². The molecule has 0 unspecified atom stereocenters. The fourth-order valence-electron chi connectivity index (χ4n) is 4.32. The zero-order valence-electron chi connectivity index (χ0n) is 17.5. The van der Waals surface area contributed by atoms with E-state index in [0.717, 1.165) is 25.3 Å². The van der Waals surface area contributed by atoms with Crippen molar-refractivity contribution in [3.8, 4) is 0 Å². The maximum atomic E-state index is 13.4. The largest absolute Gasteiger partial charge is 0.433 e. The lowest BCUT2D eigenvalue weighted by Crippen LogP contribution is -2.42. The maximum absolute atomic E-state index is 13.4. The summed E-state index contributed by atoms with van der Waals surface area (Å²) in [4.78, 5) is 24.8. The van der Waals surface area contributed by atoms with Crippen molar-refractivity contribution in [1.29, 1.82) is 0 Å². The van der Waals surface area contributed by atoms with Crippen molar-refractivity contribution in [3.05, 3.63) is 66.5 Å². The van der Waals surface area contributed by atoms with Gasteiger partial charge in [-0.05, 0) is 37.8 Å². The third-order valence-corrected chi connectivity index (χ3v) is 5.87. The molecular formula is C23H21F3N6O. The Balaban J connectivity index is 1.32. The number of halogens is 3. The summed E-state index contributed by atoms with van der Waals surface area (Å²) in [5.74, 6) is -0.280. The lowest BCUT2D eigenvalue weighted by molar-refractivity contribution is -0.140. The van der Waals surface area contributed by atoms with Gasteiger partial charge in [-0.25, -0.2) is 9.97 Å². The molecule has 33 heavy (non-hydrogen) atoms. The van der Waals surface area contributed by atoms with Crippen molar-refractivity contribution in [2.24, 2.45) is 0 Å². The Bertz CT molecular complexity index is 1290. The summed E-state index contributed by atoms with van der Waals surface area (Å²) in [5.41, 5.74) is 0.643. The first-order chi connectivity index (χ1) is 15.9. The average molecular weight is 454 g/mol. The number of hydrogen-bond acceptors (Lipinski definition) is 5. The fraction of sp³-hybridized carbons (Fsp3) is 0.304. The van der Waals surface area contributed by atoms with Gasteiger partial charge in [0, 0.05) is 41.7 Å². The molecule has 2 atom stereocenters. The number of fused-ring (bicyclic) bond motifs is 2. The molecule has 1 saturated carbocycles. The van der Waals surface area contributed by atoms with E-state index in [-0.39, 0.29) is 23.5 Å². The molecule has 170 valence electrons. The number of benzene rings is 1. The van der Waals surface area contributed by atoms with Gasteiger partial charge in [-0.15, -0.1) is 0 Å². The van der Waals surface area contributed by atoms with Crippen molar-refractivity contribution in [2.75, 3.05) is 5.32 Å². The number of para-hydroxylation sites is 1. The molecule has 1 aromatic carbocycles. The Kier molecular flexibility index (Phi) is 5.35. The molecule has 0 bridgehead atoms. The van der Waals surface area contributed by atoms with Gasteiger partial charge in [0.2, 0.25) is 0 Å². The number of nitrogens with zero attached hydrogens (tertiary/aromatic N) is 4. The third-order valence-electron chi connectivity index (χ3n) is 5.87. The van der Waals surface area contributed by atoms with Crippen molar-refractivity contribution in [3.63, 3.8) is 0 Å². The smallest absolute Gasteiger partial charge is 0.382 e. The number of pyridine rings is 1. The summed E-state index contributed by atoms with van der Waals surface area (Å²) in [6, 6.07) is 7.64. The highest BCUT2D eigenvalue weighted by Gasteiger charge is 2.34. The predicted molar refractivity (Wildman–Crippen MR) is 117 cm³/mol. The van der Waals surface area contributed by atoms with Gasteiger partial charge in [-0.2, -0.15) is 13.2 Å². The van der Waals surface area contributed by atoms with Crippen LogP contribution < -0.4 is 10.6 Å². The molecule has 1 fully saturated rings. The highest BCUT2D eigenvalue weighted by atomic mass is 19.4. The van der Waals surface area contributed by atoms with Crippen molar-refractivity contribution in [2.45, 2.75) is 43.9 Å². The van der Waals surface area contributed by atoms with Crippen LogP contribution in [0.15, 0.2) is 55.1 Å². The van der Waals surface area contributed by atoms with E-state index in [1.165, 1.54) is 0 Å². The zero-order valence-corrected chi connectivity index (χ0v) is 17.5. The van der Waals surface area contributed by atoms with Gasteiger partial charge >= 0.3 is 6.18 Å². The molecule has 3 heterocycles. The SMILES string of the molecule is O=C(N[C@@H]1CCC[C@H](Nc2cc(C(F)(F)F)nc3ccccc23)C1)c1cn2ccncc2n1. The third kappa shape index (κ3) is 4.46. The first kappa shape index (κ1) is 21.2. The molecule has 0 radical (unpaired) electrons. The van der Waals surface area contributed by atoms with Gasteiger partial charge in [0.1, 0.15) is 11.4 Å². The van der Waals surface area contributed by atoms with E-state index in [0.29, 0.717) is 28.8 Å². The molecule has 0 saturated heterocycles. The number of alkyl halides is 3. The first-order valence-corrected chi connectivity index (χ1v) is 10.7. The van der Waals surface area contributed by atoms with Crippen LogP contribution in [0.3, 0.4) is 0 Å². The van der Waals surface area contributed by atoms with Gasteiger partial charge in [-0.3, -0.25) is 9.78 Å². The molecule has 5 rings (SSSR count). The Morgan fingerprint density at radius 3 is 2.76 bits per heavy atom. The molecule has 1 aliphatic rings. The average Bonchev–Trinajstić information content (AvgIpc) is 3.23. The van der Waals surface area contributed by atoms with Crippen LogP contribution in [0.5, 0.6) is 0 Å². The Hall–Kier alpha value is -3.69. The minimum Gasteiger partial charge on any atom is -0.382 e. The number of carbonyl (C=O) groups is 1. The number of rotatable bonds is 4. The number of imidazole rings is 1.